The summed E-state index contributed by atoms with van der Waals surface area (Å²) in [6, 6.07) is 5.63. The predicted molar refractivity (Wildman–Crippen MR) is 85.2 cm³/mol. The maximum absolute atomic E-state index is 12.8. The molecule has 1 aliphatic carbocycles. The largest absolute Gasteiger partial charge is 0.412 e. The standard InChI is InChI=1S/C18H20F3NO/c1-4-13-10-15(7-5-11(13)2)22-17(23)14-6-8-16(12(3)9-14)18(19,20)21/h5-8,10,12H,4,9H2,1-3H3,(H,22,23). The fourth-order valence-corrected chi connectivity index (χ4v) is 2.75. The van der Waals surface area contributed by atoms with Gasteiger partial charge in [-0.1, -0.05) is 32.1 Å². The van der Waals surface area contributed by atoms with Crippen molar-refractivity contribution in [2.24, 2.45) is 5.92 Å². The third-order valence-corrected chi connectivity index (χ3v) is 4.13. The number of amides is 1. The second kappa shape index (κ2) is 6.60. The maximum atomic E-state index is 12.8. The summed E-state index contributed by atoms with van der Waals surface area (Å²) < 4.78 is 38.4. The highest BCUT2D eigenvalue weighted by Gasteiger charge is 2.38. The molecule has 5 heteroatoms. The van der Waals surface area contributed by atoms with Gasteiger partial charge in [-0.25, -0.2) is 0 Å². The number of carbonyl (C=O) groups is 1. The third kappa shape index (κ3) is 4.03. The molecule has 0 saturated carbocycles. The lowest BCUT2D eigenvalue weighted by Crippen LogP contribution is -2.24. The zero-order valence-electron chi connectivity index (χ0n) is 13.4. The minimum atomic E-state index is -4.34. The minimum absolute atomic E-state index is 0.0870. The van der Waals surface area contributed by atoms with Crippen LogP contribution in [0.15, 0.2) is 41.5 Å². The number of hydrogen-bond acceptors (Lipinski definition) is 1. The van der Waals surface area contributed by atoms with Gasteiger partial charge in [-0.2, -0.15) is 13.2 Å². The Hall–Kier alpha value is -2.04. The molecule has 1 unspecified atom stereocenters. The molecule has 2 rings (SSSR count). The zero-order chi connectivity index (χ0) is 17.2. The number of nitrogens with one attached hydrogen (secondary N) is 1. The van der Waals surface area contributed by atoms with Gasteiger partial charge in [0.25, 0.3) is 5.91 Å². The first kappa shape index (κ1) is 17.3. The van der Waals surface area contributed by atoms with E-state index in [4.69, 9.17) is 0 Å². The number of hydrogen-bond donors (Lipinski definition) is 1. The monoisotopic (exact) mass is 323 g/mol. The molecule has 0 bridgehead atoms. The van der Waals surface area contributed by atoms with E-state index in [1.807, 2.05) is 26.0 Å². The molecule has 2 nitrogen and oxygen atoms in total. The normalized spacial score (nSPS) is 18.3. The fraction of sp³-hybridized carbons (Fsp3) is 0.389. The molecule has 23 heavy (non-hydrogen) atoms. The number of anilines is 1. The number of halogens is 3. The molecular formula is C18H20F3NO. The van der Waals surface area contributed by atoms with Crippen LogP contribution in [0.2, 0.25) is 0 Å². The quantitative estimate of drug-likeness (QED) is 0.838. The van der Waals surface area contributed by atoms with Crippen LogP contribution >= 0.6 is 0 Å². The summed E-state index contributed by atoms with van der Waals surface area (Å²) in [5.41, 5.74) is 2.72. The molecule has 0 aromatic heterocycles. The molecule has 0 heterocycles. The van der Waals surface area contributed by atoms with Crippen molar-refractivity contribution in [3.05, 3.63) is 52.6 Å². The average molecular weight is 323 g/mol. The molecule has 1 aliphatic rings. The summed E-state index contributed by atoms with van der Waals surface area (Å²) in [6.07, 6.45) is -1.12. The Kier molecular flexibility index (Phi) is 4.97. The van der Waals surface area contributed by atoms with Crippen LogP contribution in [0, 0.1) is 12.8 Å². The van der Waals surface area contributed by atoms with Gasteiger partial charge in [0, 0.05) is 16.8 Å². The Labute approximate surface area is 134 Å². The Bertz CT molecular complexity index is 671. The number of alkyl halides is 3. The second-order valence-electron chi connectivity index (χ2n) is 5.87. The number of rotatable bonds is 3. The van der Waals surface area contributed by atoms with Crippen LogP contribution in [-0.4, -0.2) is 12.1 Å². The molecule has 1 amide bonds. The molecule has 1 aromatic rings. The highest BCUT2D eigenvalue weighted by Crippen LogP contribution is 2.37. The van der Waals surface area contributed by atoms with Crippen molar-refractivity contribution in [2.75, 3.05) is 5.32 Å². The highest BCUT2D eigenvalue weighted by atomic mass is 19.4. The first-order chi connectivity index (χ1) is 10.7. The Morgan fingerprint density at radius 2 is 2.00 bits per heavy atom. The van der Waals surface area contributed by atoms with Crippen LogP contribution in [0.5, 0.6) is 0 Å². The van der Waals surface area contributed by atoms with Crippen LogP contribution in [-0.2, 0) is 11.2 Å². The second-order valence-corrected chi connectivity index (χ2v) is 5.87. The Morgan fingerprint density at radius 3 is 2.57 bits per heavy atom. The first-order valence-electron chi connectivity index (χ1n) is 7.61. The van der Waals surface area contributed by atoms with Crippen molar-refractivity contribution >= 4 is 11.6 Å². The van der Waals surface area contributed by atoms with Crippen molar-refractivity contribution < 1.29 is 18.0 Å². The minimum Gasteiger partial charge on any atom is -0.322 e. The van der Waals surface area contributed by atoms with E-state index in [1.165, 1.54) is 13.0 Å². The van der Waals surface area contributed by atoms with E-state index < -0.39 is 17.7 Å². The van der Waals surface area contributed by atoms with Gasteiger partial charge in [0.15, 0.2) is 0 Å². The van der Waals surface area contributed by atoms with Crippen LogP contribution < -0.4 is 5.32 Å². The van der Waals surface area contributed by atoms with Gasteiger partial charge in [-0.05, 0) is 48.9 Å². The molecule has 0 spiro atoms. The van der Waals surface area contributed by atoms with Gasteiger partial charge < -0.3 is 5.32 Å². The fourth-order valence-electron chi connectivity index (χ4n) is 2.75. The van der Waals surface area contributed by atoms with Crippen LogP contribution in [0.25, 0.3) is 0 Å². The first-order valence-corrected chi connectivity index (χ1v) is 7.61. The van der Waals surface area contributed by atoms with Gasteiger partial charge >= 0.3 is 6.18 Å². The summed E-state index contributed by atoms with van der Waals surface area (Å²) in [5, 5.41) is 2.77. The van der Waals surface area contributed by atoms with Crippen molar-refractivity contribution in [2.45, 2.75) is 39.8 Å². The van der Waals surface area contributed by atoms with Crippen LogP contribution in [0.3, 0.4) is 0 Å². The molecule has 0 saturated heterocycles. The van der Waals surface area contributed by atoms with E-state index in [2.05, 4.69) is 5.32 Å². The summed E-state index contributed by atoms with van der Waals surface area (Å²) in [7, 11) is 0. The van der Waals surface area contributed by atoms with Crippen molar-refractivity contribution in [1.82, 2.24) is 0 Å². The van der Waals surface area contributed by atoms with E-state index in [1.54, 1.807) is 6.07 Å². The summed E-state index contributed by atoms with van der Waals surface area (Å²) >= 11 is 0. The van der Waals surface area contributed by atoms with E-state index in [9.17, 15) is 18.0 Å². The lowest BCUT2D eigenvalue weighted by Gasteiger charge is -2.23. The maximum Gasteiger partial charge on any atom is 0.412 e. The van der Waals surface area contributed by atoms with E-state index in [-0.39, 0.29) is 12.3 Å². The van der Waals surface area contributed by atoms with Crippen molar-refractivity contribution in [1.29, 1.82) is 0 Å². The number of allylic oxidation sites excluding steroid dienone is 3. The Morgan fingerprint density at radius 1 is 1.30 bits per heavy atom. The molecule has 1 N–H and O–H groups in total. The van der Waals surface area contributed by atoms with E-state index in [0.29, 0.717) is 11.3 Å². The highest BCUT2D eigenvalue weighted by molar-refractivity contribution is 6.04. The summed E-state index contributed by atoms with van der Waals surface area (Å²) in [4.78, 5) is 12.3. The van der Waals surface area contributed by atoms with Crippen molar-refractivity contribution in [3.8, 4) is 0 Å². The van der Waals surface area contributed by atoms with Crippen LogP contribution in [0.4, 0.5) is 18.9 Å². The van der Waals surface area contributed by atoms with Gasteiger partial charge in [0.05, 0.1) is 0 Å². The lowest BCUT2D eigenvalue weighted by molar-refractivity contribution is -0.113. The SMILES string of the molecule is CCc1cc(NC(=O)C2=CC=C(C(F)(F)F)C(C)C2)ccc1C. The van der Waals surface area contributed by atoms with E-state index >= 15 is 0 Å². The van der Waals surface area contributed by atoms with E-state index in [0.717, 1.165) is 23.6 Å². The molecule has 1 atom stereocenters. The summed E-state index contributed by atoms with van der Waals surface area (Å²) in [5.74, 6) is -1.06. The number of benzene rings is 1. The smallest absolute Gasteiger partial charge is 0.322 e. The zero-order valence-corrected chi connectivity index (χ0v) is 13.4. The number of aryl methyl sites for hydroxylation is 2. The molecular weight excluding hydrogens is 303 g/mol. The molecule has 0 fully saturated rings. The van der Waals surface area contributed by atoms with Gasteiger partial charge in [-0.3, -0.25) is 4.79 Å². The lowest BCUT2D eigenvalue weighted by atomic mass is 9.87. The summed E-state index contributed by atoms with van der Waals surface area (Å²) in [6.45, 7) is 5.52. The van der Waals surface area contributed by atoms with Crippen molar-refractivity contribution in [3.63, 3.8) is 0 Å². The molecule has 1 aromatic carbocycles. The molecule has 0 radical (unpaired) electrons. The van der Waals surface area contributed by atoms with Gasteiger partial charge in [-0.15, -0.1) is 0 Å². The Balaban J connectivity index is 2.16. The predicted octanol–water partition coefficient (Wildman–Crippen LogP) is 4.95. The van der Waals surface area contributed by atoms with Gasteiger partial charge in [0.2, 0.25) is 0 Å². The topological polar surface area (TPSA) is 29.1 Å². The molecule has 0 aliphatic heterocycles. The average Bonchev–Trinajstić information content (AvgIpc) is 2.47. The number of carbonyl (C=O) groups excluding carboxylic acids is 1. The van der Waals surface area contributed by atoms with Crippen LogP contribution in [0.1, 0.15) is 31.4 Å². The van der Waals surface area contributed by atoms with Gasteiger partial charge in [0.1, 0.15) is 0 Å². The molecule has 124 valence electrons. The third-order valence-electron chi connectivity index (χ3n) is 4.13.